The lowest BCUT2D eigenvalue weighted by atomic mass is 9.99. The van der Waals surface area contributed by atoms with Crippen molar-refractivity contribution in [3.05, 3.63) is 71.0 Å². The number of nitrogens with zero attached hydrogens (tertiary/aromatic N) is 2. The predicted octanol–water partition coefficient (Wildman–Crippen LogP) is 3.38. The van der Waals surface area contributed by atoms with Crippen molar-refractivity contribution in [3.63, 3.8) is 0 Å². The molecule has 0 aliphatic rings. The standard InChI is InChI=1S/C21H22N2O3/c1-23(2)13-18-17-12-15(11-14-7-5-4-6-8-14)9-10-16(17)20(24)19(22-18)21(25)26-3/h4-10,12,24H,11,13H2,1-3H3. The second-order valence-electron chi connectivity index (χ2n) is 6.53. The number of carbonyl (C=O) groups is 1. The summed E-state index contributed by atoms with van der Waals surface area (Å²) < 4.78 is 4.75. The smallest absolute Gasteiger partial charge is 0.360 e. The van der Waals surface area contributed by atoms with Crippen molar-refractivity contribution in [2.75, 3.05) is 21.2 Å². The molecule has 0 bridgehead atoms. The molecule has 0 aliphatic heterocycles. The topological polar surface area (TPSA) is 62.7 Å². The Balaban J connectivity index is 2.13. The number of methoxy groups -OCH3 is 1. The van der Waals surface area contributed by atoms with Crippen molar-refractivity contribution in [1.82, 2.24) is 9.88 Å². The first-order valence-electron chi connectivity index (χ1n) is 8.41. The number of esters is 1. The van der Waals surface area contributed by atoms with Gasteiger partial charge in [-0.15, -0.1) is 0 Å². The van der Waals surface area contributed by atoms with Gasteiger partial charge in [0.15, 0.2) is 11.4 Å². The Morgan fingerprint density at radius 2 is 1.81 bits per heavy atom. The monoisotopic (exact) mass is 350 g/mol. The molecule has 0 saturated carbocycles. The van der Waals surface area contributed by atoms with Crippen molar-refractivity contribution < 1.29 is 14.6 Å². The molecule has 0 unspecified atom stereocenters. The van der Waals surface area contributed by atoms with Crippen LogP contribution in [0.4, 0.5) is 0 Å². The van der Waals surface area contributed by atoms with E-state index in [2.05, 4.69) is 17.1 Å². The van der Waals surface area contributed by atoms with Crippen molar-refractivity contribution in [3.8, 4) is 5.75 Å². The summed E-state index contributed by atoms with van der Waals surface area (Å²) in [6, 6.07) is 16.0. The van der Waals surface area contributed by atoms with Crippen LogP contribution in [0.1, 0.15) is 27.3 Å². The Labute approximate surface area is 152 Å². The molecule has 0 fully saturated rings. The van der Waals surface area contributed by atoms with Crippen LogP contribution in [0.3, 0.4) is 0 Å². The molecule has 5 nitrogen and oxygen atoms in total. The van der Waals surface area contributed by atoms with Crippen LogP contribution in [-0.4, -0.2) is 42.2 Å². The first-order valence-corrected chi connectivity index (χ1v) is 8.41. The molecule has 0 radical (unpaired) electrons. The zero-order valence-corrected chi connectivity index (χ0v) is 15.2. The summed E-state index contributed by atoms with van der Waals surface area (Å²) in [6.07, 6.45) is 0.789. The van der Waals surface area contributed by atoms with E-state index in [1.54, 1.807) is 0 Å². The minimum Gasteiger partial charge on any atom is -0.505 e. The van der Waals surface area contributed by atoms with Gasteiger partial charge in [-0.05, 0) is 37.7 Å². The number of pyridine rings is 1. The van der Waals surface area contributed by atoms with Crippen molar-refractivity contribution in [2.24, 2.45) is 0 Å². The van der Waals surface area contributed by atoms with Crippen LogP contribution in [0.15, 0.2) is 48.5 Å². The first-order chi connectivity index (χ1) is 12.5. The Morgan fingerprint density at radius 1 is 1.08 bits per heavy atom. The average molecular weight is 350 g/mol. The number of aromatic nitrogens is 1. The second-order valence-corrected chi connectivity index (χ2v) is 6.53. The zero-order chi connectivity index (χ0) is 18.7. The fraction of sp³-hybridized carbons (Fsp3) is 0.238. The van der Waals surface area contributed by atoms with Gasteiger partial charge in [0.2, 0.25) is 0 Å². The van der Waals surface area contributed by atoms with E-state index < -0.39 is 5.97 Å². The van der Waals surface area contributed by atoms with Gasteiger partial charge in [-0.1, -0.05) is 42.5 Å². The van der Waals surface area contributed by atoms with Crippen LogP contribution in [0, 0.1) is 0 Å². The molecule has 0 spiro atoms. The molecule has 0 atom stereocenters. The molecule has 2 aromatic carbocycles. The number of aromatic hydroxyl groups is 1. The van der Waals surface area contributed by atoms with Crippen LogP contribution < -0.4 is 0 Å². The van der Waals surface area contributed by atoms with Crippen LogP contribution in [-0.2, 0) is 17.7 Å². The van der Waals surface area contributed by atoms with Gasteiger partial charge < -0.3 is 14.7 Å². The maximum atomic E-state index is 12.0. The molecular formula is C21H22N2O3. The number of hydrogen-bond acceptors (Lipinski definition) is 5. The van der Waals surface area contributed by atoms with Gasteiger partial charge in [-0.25, -0.2) is 9.78 Å². The first kappa shape index (κ1) is 17.9. The molecule has 0 amide bonds. The third-order valence-corrected chi connectivity index (χ3v) is 4.22. The van der Waals surface area contributed by atoms with Crippen molar-refractivity contribution >= 4 is 16.7 Å². The fourth-order valence-corrected chi connectivity index (χ4v) is 3.01. The van der Waals surface area contributed by atoms with E-state index in [0.717, 1.165) is 23.1 Å². The summed E-state index contributed by atoms with van der Waals surface area (Å²) in [5, 5.41) is 12.0. The van der Waals surface area contributed by atoms with Gasteiger partial charge in [-0.2, -0.15) is 0 Å². The lowest BCUT2D eigenvalue weighted by Gasteiger charge is -2.15. The SMILES string of the molecule is COC(=O)c1nc(CN(C)C)c2cc(Cc3ccccc3)ccc2c1O. The Morgan fingerprint density at radius 3 is 2.46 bits per heavy atom. The van der Waals surface area contributed by atoms with E-state index in [-0.39, 0.29) is 11.4 Å². The highest BCUT2D eigenvalue weighted by molar-refractivity contribution is 6.00. The van der Waals surface area contributed by atoms with Crippen molar-refractivity contribution in [2.45, 2.75) is 13.0 Å². The Hall–Kier alpha value is -2.92. The highest BCUT2D eigenvalue weighted by atomic mass is 16.5. The number of benzene rings is 2. The number of fused-ring (bicyclic) bond motifs is 1. The van der Waals surface area contributed by atoms with Crippen molar-refractivity contribution in [1.29, 1.82) is 0 Å². The summed E-state index contributed by atoms with van der Waals surface area (Å²) in [7, 11) is 5.15. The van der Waals surface area contributed by atoms with Crippen LogP contribution in [0.5, 0.6) is 5.75 Å². The molecule has 5 heteroatoms. The lowest BCUT2D eigenvalue weighted by molar-refractivity contribution is 0.0590. The van der Waals surface area contributed by atoms with Gasteiger partial charge in [0.05, 0.1) is 12.8 Å². The average Bonchev–Trinajstić information content (AvgIpc) is 2.64. The van der Waals surface area contributed by atoms with E-state index in [1.807, 2.05) is 55.4 Å². The number of hydrogen-bond donors (Lipinski definition) is 1. The van der Waals surface area contributed by atoms with Gasteiger partial charge in [0, 0.05) is 17.3 Å². The van der Waals surface area contributed by atoms with E-state index in [4.69, 9.17) is 4.74 Å². The number of ether oxygens (including phenoxy) is 1. The van der Waals surface area contributed by atoms with Crippen LogP contribution in [0.25, 0.3) is 10.8 Å². The largest absolute Gasteiger partial charge is 0.505 e. The molecule has 1 N–H and O–H groups in total. The minimum atomic E-state index is -0.641. The molecule has 134 valence electrons. The molecule has 3 rings (SSSR count). The number of carbonyl (C=O) groups excluding carboxylic acids is 1. The highest BCUT2D eigenvalue weighted by Crippen LogP contribution is 2.31. The predicted molar refractivity (Wildman–Crippen MR) is 101 cm³/mol. The third kappa shape index (κ3) is 3.68. The number of rotatable bonds is 5. The molecule has 0 saturated heterocycles. The zero-order valence-electron chi connectivity index (χ0n) is 15.2. The second kappa shape index (κ2) is 7.54. The quantitative estimate of drug-likeness (QED) is 0.715. The van der Waals surface area contributed by atoms with E-state index >= 15 is 0 Å². The Bertz CT molecular complexity index is 937. The molecule has 26 heavy (non-hydrogen) atoms. The summed E-state index contributed by atoms with van der Waals surface area (Å²) >= 11 is 0. The summed E-state index contributed by atoms with van der Waals surface area (Å²) in [5.41, 5.74) is 3.02. The lowest BCUT2D eigenvalue weighted by Crippen LogP contribution is -2.15. The molecule has 1 aromatic heterocycles. The van der Waals surface area contributed by atoms with Gasteiger partial charge in [0.1, 0.15) is 0 Å². The van der Waals surface area contributed by atoms with Crippen LogP contribution in [0.2, 0.25) is 0 Å². The van der Waals surface area contributed by atoms with Gasteiger partial charge in [-0.3, -0.25) is 0 Å². The summed E-state index contributed by atoms with van der Waals surface area (Å²) in [5.74, 6) is -0.779. The third-order valence-electron chi connectivity index (χ3n) is 4.22. The molecule has 1 heterocycles. The maximum Gasteiger partial charge on any atom is 0.360 e. The molecule has 3 aromatic rings. The minimum absolute atomic E-state index is 0.0485. The fourth-order valence-electron chi connectivity index (χ4n) is 3.01. The summed E-state index contributed by atoms with van der Waals surface area (Å²) in [4.78, 5) is 18.3. The van der Waals surface area contributed by atoms with Crippen LogP contribution >= 0.6 is 0 Å². The van der Waals surface area contributed by atoms with E-state index in [9.17, 15) is 9.90 Å². The molecular weight excluding hydrogens is 328 g/mol. The normalized spacial score (nSPS) is 11.1. The maximum absolute atomic E-state index is 12.0. The summed E-state index contributed by atoms with van der Waals surface area (Å²) in [6.45, 7) is 0.551. The van der Waals surface area contributed by atoms with E-state index in [0.29, 0.717) is 11.9 Å². The van der Waals surface area contributed by atoms with E-state index in [1.165, 1.54) is 12.7 Å². The van der Waals surface area contributed by atoms with Gasteiger partial charge >= 0.3 is 5.97 Å². The highest BCUT2D eigenvalue weighted by Gasteiger charge is 2.20. The van der Waals surface area contributed by atoms with Gasteiger partial charge in [0.25, 0.3) is 0 Å². The Kier molecular flexibility index (Phi) is 5.19. The molecule has 0 aliphatic carbocycles.